The van der Waals surface area contributed by atoms with Gasteiger partial charge in [0.1, 0.15) is 5.75 Å². The number of imide groups is 1. The third kappa shape index (κ3) is 2.78. The van der Waals surface area contributed by atoms with Gasteiger partial charge in [0.05, 0.1) is 30.7 Å². The van der Waals surface area contributed by atoms with Crippen LogP contribution in [0.25, 0.3) is 0 Å². The Bertz CT molecular complexity index is 1020. The van der Waals surface area contributed by atoms with Crippen molar-refractivity contribution in [3.8, 4) is 5.75 Å². The highest BCUT2D eigenvalue weighted by Crippen LogP contribution is 2.48. The lowest BCUT2D eigenvalue weighted by Gasteiger charge is -2.27. The summed E-state index contributed by atoms with van der Waals surface area (Å²) in [6.45, 7) is 0.727. The van der Waals surface area contributed by atoms with Crippen molar-refractivity contribution < 1.29 is 19.1 Å². The number of hydrogen-bond donors (Lipinski definition) is 0. The number of amides is 2. The number of carbonyl (C=O) groups is 3. The summed E-state index contributed by atoms with van der Waals surface area (Å²) in [6, 6.07) is 12.9. The van der Waals surface area contributed by atoms with E-state index in [9.17, 15) is 14.4 Å². The van der Waals surface area contributed by atoms with Crippen molar-refractivity contribution in [2.24, 2.45) is 11.8 Å². The number of halogens is 1. The van der Waals surface area contributed by atoms with Crippen molar-refractivity contribution in [3.63, 3.8) is 0 Å². The molecule has 0 spiro atoms. The molecule has 0 saturated carbocycles. The van der Waals surface area contributed by atoms with Crippen LogP contribution in [0.1, 0.15) is 23.2 Å². The molecule has 0 N–H and O–H groups in total. The van der Waals surface area contributed by atoms with Crippen molar-refractivity contribution in [1.29, 1.82) is 0 Å². The highest BCUT2D eigenvalue weighted by atomic mass is 35.5. The molecule has 2 aromatic carbocycles. The number of methoxy groups -OCH3 is 1. The number of carbonyl (C=O) groups excluding carboxylic acids is 3. The van der Waals surface area contributed by atoms with E-state index in [4.69, 9.17) is 16.3 Å². The summed E-state index contributed by atoms with van der Waals surface area (Å²) < 4.78 is 5.17. The first-order valence-corrected chi connectivity index (χ1v) is 10.5. The highest BCUT2D eigenvalue weighted by Gasteiger charge is 2.64. The first kappa shape index (κ1) is 19.3. The van der Waals surface area contributed by atoms with Gasteiger partial charge in [0.15, 0.2) is 5.78 Å². The largest absolute Gasteiger partial charge is 0.497 e. The van der Waals surface area contributed by atoms with Crippen molar-refractivity contribution in [1.82, 2.24) is 4.90 Å². The molecule has 4 atom stereocenters. The second kappa shape index (κ2) is 7.22. The van der Waals surface area contributed by atoms with Gasteiger partial charge in [-0.25, -0.2) is 4.90 Å². The quantitative estimate of drug-likeness (QED) is 0.557. The lowest BCUT2D eigenvalue weighted by Crippen LogP contribution is -2.46. The fourth-order valence-corrected chi connectivity index (χ4v) is 5.41. The monoisotopic (exact) mass is 424 g/mol. The second-order valence-electron chi connectivity index (χ2n) is 8.02. The van der Waals surface area contributed by atoms with Crippen LogP contribution in [-0.4, -0.2) is 48.2 Å². The molecule has 0 bridgehead atoms. The number of nitrogens with zero attached hydrogens (tertiary/aromatic N) is 2. The molecular weight excluding hydrogens is 404 g/mol. The third-order valence-electron chi connectivity index (χ3n) is 6.58. The molecule has 0 unspecified atom stereocenters. The molecule has 2 aromatic rings. The molecule has 3 aliphatic heterocycles. The second-order valence-corrected chi connectivity index (χ2v) is 8.46. The number of ketones is 1. The van der Waals surface area contributed by atoms with Crippen LogP contribution < -0.4 is 9.64 Å². The van der Waals surface area contributed by atoms with Gasteiger partial charge in [-0.3, -0.25) is 19.3 Å². The fraction of sp³-hybridized carbons (Fsp3) is 0.348. The van der Waals surface area contributed by atoms with Gasteiger partial charge in [0, 0.05) is 16.6 Å². The van der Waals surface area contributed by atoms with E-state index < -0.39 is 17.9 Å². The SMILES string of the molecule is COc1ccc(N2C(=O)[C@@H]3[C@H](C2=O)[C@H]2CCCN2[C@@H]3C(=O)c2ccc(Cl)cc2)cc1. The first-order chi connectivity index (χ1) is 14.5. The van der Waals surface area contributed by atoms with Crippen LogP contribution in [0.15, 0.2) is 48.5 Å². The molecule has 0 radical (unpaired) electrons. The van der Waals surface area contributed by atoms with Gasteiger partial charge in [-0.2, -0.15) is 0 Å². The number of anilines is 1. The minimum absolute atomic E-state index is 0.0732. The lowest BCUT2D eigenvalue weighted by atomic mass is 9.85. The highest BCUT2D eigenvalue weighted by molar-refractivity contribution is 6.30. The molecule has 3 aliphatic rings. The summed E-state index contributed by atoms with van der Waals surface area (Å²) in [5, 5.41) is 0.549. The Morgan fingerprint density at radius 2 is 1.67 bits per heavy atom. The van der Waals surface area contributed by atoms with Gasteiger partial charge in [0.2, 0.25) is 11.8 Å². The molecule has 3 fully saturated rings. The molecule has 154 valence electrons. The molecule has 0 aromatic heterocycles. The maximum Gasteiger partial charge on any atom is 0.239 e. The number of benzene rings is 2. The Balaban J connectivity index is 1.52. The van der Waals surface area contributed by atoms with Gasteiger partial charge < -0.3 is 4.74 Å². The standard InChI is InChI=1S/C23H21ClN2O4/c1-30-16-10-8-15(9-11-16)26-22(28)18-17-3-2-12-25(17)20(19(18)23(26)29)21(27)13-4-6-14(24)7-5-13/h4-11,17-20H,2-3,12H2,1H3/t17-,18-,19-,20+/m1/s1. The van der Waals surface area contributed by atoms with Crippen molar-refractivity contribution in [2.45, 2.75) is 24.9 Å². The van der Waals surface area contributed by atoms with Crippen LogP contribution in [0.4, 0.5) is 5.69 Å². The average Bonchev–Trinajstić information content (AvgIpc) is 3.40. The van der Waals surface area contributed by atoms with E-state index in [1.54, 1.807) is 55.6 Å². The van der Waals surface area contributed by atoms with Crippen LogP contribution in [0.5, 0.6) is 5.75 Å². The lowest BCUT2D eigenvalue weighted by molar-refractivity contribution is -0.123. The van der Waals surface area contributed by atoms with Gasteiger partial charge >= 0.3 is 0 Å². The van der Waals surface area contributed by atoms with Crippen molar-refractivity contribution >= 4 is 34.9 Å². The molecule has 3 saturated heterocycles. The van der Waals surface area contributed by atoms with E-state index in [1.165, 1.54) is 4.90 Å². The number of ether oxygens (including phenoxy) is 1. The zero-order chi connectivity index (χ0) is 21.0. The Kier molecular flexibility index (Phi) is 4.64. The molecule has 5 rings (SSSR count). The number of hydrogen-bond acceptors (Lipinski definition) is 5. The van der Waals surface area contributed by atoms with Crippen molar-refractivity contribution in [3.05, 3.63) is 59.1 Å². The van der Waals surface area contributed by atoms with Gasteiger partial charge in [-0.1, -0.05) is 11.6 Å². The topological polar surface area (TPSA) is 66.9 Å². The zero-order valence-corrected chi connectivity index (χ0v) is 17.2. The molecule has 30 heavy (non-hydrogen) atoms. The number of Topliss-reactive ketones (excluding diaryl/α,β-unsaturated/α-hetero) is 1. The van der Waals surface area contributed by atoms with E-state index >= 15 is 0 Å². The van der Waals surface area contributed by atoms with Crippen LogP contribution in [0.3, 0.4) is 0 Å². The van der Waals surface area contributed by atoms with Gasteiger partial charge in [-0.05, 0) is 67.9 Å². The predicted octanol–water partition coefficient (Wildman–Crippen LogP) is 3.18. The minimum Gasteiger partial charge on any atom is -0.497 e. The van der Waals surface area contributed by atoms with E-state index in [-0.39, 0.29) is 23.6 Å². The van der Waals surface area contributed by atoms with Crippen LogP contribution in [0, 0.1) is 11.8 Å². The molecule has 0 aliphatic carbocycles. The Morgan fingerprint density at radius 1 is 1.00 bits per heavy atom. The molecule has 3 heterocycles. The molecule has 2 amide bonds. The Hall–Kier alpha value is -2.70. The molecular formula is C23H21ClN2O4. The predicted molar refractivity (Wildman–Crippen MR) is 112 cm³/mol. The number of fused-ring (bicyclic) bond motifs is 3. The van der Waals surface area contributed by atoms with Crippen LogP contribution in [0.2, 0.25) is 5.02 Å². The Morgan fingerprint density at radius 3 is 2.33 bits per heavy atom. The fourth-order valence-electron chi connectivity index (χ4n) is 5.29. The summed E-state index contributed by atoms with van der Waals surface area (Å²) in [6.07, 6.45) is 1.74. The first-order valence-electron chi connectivity index (χ1n) is 10.1. The van der Waals surface area contributed by atoms with E-state index in [0.29, 0.717) is 22.0 Å². The normalized spacial score (nSPS) is 28.0. The van der Waals surface area contributed by atoms with E-state index in [2.05, 4.69) is 4.90 Å². The van der Waals surface area contributed by atoms with Crippen LogP contribution >= 0.6 is 11.6 Å². The van der Waals surface area contributed by atoms with Crippen LogP contribution in [-0.2, 0) is 9.59 Å². The summed E-state index contributed by atoms with van der Waals surface area (Å²) >= 11 is 5.97. The van der Waals surface area contributed by atoms with Gasteiger partial charge in [0.25, 0.3) is 0 Å². The summed E-state index contributed by atoms with van der Waals surface area (Å²) in [5.74, 6) is -1.12. The minimum atomic E-state index is -0.659. The average molecular weight is 425 g/mol. The number of rotatable bonds is 4. The van der Waals surface area contributed by atoms with E-state index in [0.717, 1.165) is 19.4 Å². The summed E-state index contributed by atoms with van der Waals surface area (Å²) in [5.41, 5.74) is 1.03. The Labute approximate surface area is 179 Å². The van der Waals surface area contributed by atoms with Gasteiger partial charge in [-0.15, -0.1) is 0 Å². The smallest absolute Gasteiger partial charge is 0.239 e. The summed E-state index contributed by atoms with van der Waals surface area (Å²) in [7, 11) is 1.56. The zero-order valence-electron chi connectivity index (χ0n) is 16.5. The maximum atomic E-state index is 13.5. The molecule has 7 heteroatoms. The maximum absolute atomic E-state index is 13.5. The molecule has 6 nitrogen and oxygen atoms in total. The van der Waals surface area contributed by atoms with E-state index in [1.807, 2.05) is 0 Å². The van der Waals surface area contributed by atoms with Crippen molar-refractivity contribution in [2.75, 3.05) is 18.6 Å². The third-order valence-corrected chi connectivity index (χ3v) is 6.83. The summed E-state index contributed by atoms with van der Waals surface area (Å²) in [4.78, 5) is 43.6.